The fourth-order valence-corrected chi connectivity index (χ4v) is 2.61. The van der Waals surface area contributed by atoms with Crippen LogP contribution < -0.4 is 10.0 Å². The van der Waals surface area contributed by atoms with Gasteiger partial charge in [-0.15, -0.1) is 0 Å². The predicted molar refractivity (Wildman–Crippen MR) is 89.3 cm³/mol. The van der Waals surface area contributed by atoms with Gasteiger partial charge in [0, 0.05) is 11.3 Å². The smallest absolute Gasteiger partial charge is 0.255 e. The SMILES string of the molecule is CS(=O)(=O)Nc1ccc(C(=O)Nc2cccc(Cl)c2Cl)cc1. The van der Waals surface area contributed by atoms with Crippen LogP contribution in [0.1, 0.15) is 10.4 Å². The summed E-state index contributed by atoms with van der Waals surface area (Å²) in [4.78, 5) is 12.1. The van der Waals surface area contributed by atoms with Crippen LogP contribution in [0, 0.1) is 0 Å². The van der Waals surface area contributed by atoms with E-state index in [1.54, 1.807) is 18.2 Å². The maximum atomic E-state index is 12.1. The molecule has 1 amide bonds. The molecule has 0 radical (unpaired) electrons. The van der Waals surface area contributed by atoms with E-state index < -0.39 is 10.0 Å². The molecule has 0 atom stereocenters. The molecular formula is C14H12Cl2N2O3S. The first-order valence-electron chi connectivity index (χ1n) is 6.09. The zero-order chi connectivity index (χ0) is 16.3. The first-order valence-corrected chi connectivity index (χ1v) is 8.74. The fourth-order valence-electron chi connectivity index (χ4n) is 1.70. The van der Waals surface area contributed by atoms with Crippen molar-refractivity contribution in [2.75, 3.05) is 16.3 Å². The van der Waals surface area contributed by atoms with Crippen molar-refractivity contribution in [1.29, 1.82) is 0 Å². The van der Waals surface area contributed by atoms with E-state index in [4.69, 9.17) is 23.2 Å². The zero-order valence-electron chi connectivity index (χ0n) is 11.4. The summed E-state index contributed by atoms with van der Waals surface area (Å²) in [6.07, 6.45) is 1.05. The molecule has 22 heavy (non-hydrogen) atoms. The lowest BCUT2D eigenvalue weighted by Gasteiger charge is -2.09. The van der Waals surface area contributed by atoms with Gasteiger partial charge in [-0.2, -0.15) is 0 Å². The Morgan fingerprint density at radius 1 is 1.05 bits per heavy atom. The van der Waals surface area contributed by atoms with Crippen molar-refractivity contribution in [1.82, 2.24) is 0 Å². The van der Waals surface area contributed by atoms with Gasteiger partial charge in [-0.3, -0.25) is 9.52 Å². The molecule has 0 aliphatic carbocycles. The lowest BCUT2D eigenvalue weighted by atomic mass is 10.2. The van der Waals surface area contributed by atoms with Crippen LogP contribution in [0.25, 0.3) is 0 Å². The van der Waals surface area contributed by atoms with Crippen molar-refractivity contribution < 1.29 is 13.2 Å². The van der Waals surface area contributed by atoms with Gasteiger partial charge < -0.3 is 5.32 Å². The average molecular weight is 359 g/mol. The number of anilines is 2. The number of nitrogens with one attached hydrogen (secondary N) is 2. The van der Waals surface area contributed by atoms with E-state index in [1.165, 1.54) is 24.3 Å². The number of carbonyl (C=O) groups excluding carboxylic acids is 1. The number of benzene rings is 2. The highest BCUT2D eigenvalue weighted by molar-refractivity contribution is 7.92. The van der Waals surface area contributed by atoms with Crippen LogP contribution in [-0.2, 0) is 10.0 Å². The Morgan fingerprint density at radius 3 is 2.27 bits per heavy atom. The Balaban J connectivity index is 2.15. The predicted octanol–water partition coefficient (Wildman–Crippen LogP) is 3.62. The number of carbonyl (C=O) groups is 1. The Kier molecular flexibility index (Phi) is 4.95. The number of sulfonamides is 1. The van der Waals surface area contributed by atoms with Crippen molar-refractivity contribution >= 4 is 50.5 Å². The first kappa shape index (κ1) is 16.6. The molecular weight excluding hydrogens is 347 g/mol. The van der Waals surface area contributed by atoms with Gasteiger partial charge in [-0.05, 0) is 36.4 Å². The number of halogens is 2. The molecule has 0 heterocycles. The summed E-state index contributed by atoms with van der Waals surface area (Å²) in [6, 6.07) is 10.9. The Morgan fingerprint density at radius 2 is 1.68 bits per heavy atom. The van der Waals surface area contributed by atoms with Gasteiger partial charge in [0.2, 0.25) is 10.0 Å². The largest absolute Gasteiger partial charge is 0.321 e. The van der Waals surface area contributed by atoms with E-state index in [-0.39, 0.29) is 10.9 Å². The second-order valence-corrected chi connectivity index (χ2v) is 7.04. The zero-order valence-corrected chi connectivity index (χ0v) is 13.8. The fraction of sp³-hybridized carbons (Fsp3) is 0.0714. The van der Waals surface area contributed by atoms with Crippen molar-refractivity contribution in [2.24, 2.45) is 0 Å². The number of hydrogen-bond acceptors (Lipinski definition) is 3. The lowest BCUT2D eigenvalue weighted by Crippen LogP contribution is -2.13. The molecule has 0 spiro atoms. The van der Waals surface area contributed by atoms with Crippen LogP contribution in [-0.4, -0.2) is 20.6 Å². The molecule has 0 aromatic heterocycles. The average Bonchev–Trinajstić information content (AvgIpc) is 2.43. The summed E-state index contributed by atoms with van der Waals surface area (Å²) in [6.45, 7) is 0. The molecule has 2 aromatic rings. The van der Waals surface area contributed by atoms with Crippen molar-refractivity contribution in [3.63, 3.8) is 0 Å². The molecule has 2 aromatic carbocycles. The molecule has 0 saturated heterocycles. The highest BCUT2D eigenvalue weighted by Crippen LogP contribution is 2.29. The molecule has 5 nitrogen and oxygen atoms in total. The second-order valence-electron chi connectivity index (χ2n) is 4.51. The molecule has 0 aliphatic heterocycles. The Hall–Kier alpha value is -1.76. The van der Waals surface area contributed by atoms with Gasteiger partial charge in [0.1, 0.15) is 0 Å². The molecule has 0 saturated carbocycles. The third-order valence-electron chi connectivity index (χ3n) is 2.65. The van der Waals surface area contributed by atoms with Crippen molar-refractivity contribution in [3.05, 3.63) is 58.1 Å². The minimum absolute atomic E-state index is 0.257. The van der Waals surface area contributed by atoms with Gasteiger partial charge in [-0.25, -0.2) is 8.42 Å². The van der Waals surface area contributed by atoms with Gasteiger partial charge in [-0.1, -0.05) is 29.3 Å². The van der Waals surface area contributed by atoms with E-state index >= 15 is 0 Å². The second kappa shape index (κ2) is 6.56. The standard InChI is InChI=1S/C14H12Cl2N2O3S/c1-22(20,21)18-10-7-5-9(6-8-10)14(19)17-12-4-2-3-11(15)13(12)16/h2-8,18H,1H3,(H,17,19). The van der Waals surface area contributed by atoms with Crippen LogP contribution in [0.2, 0.25) is 10.0 Å². The third-order valence-corrected chi connectivity index (χ3v) is 4.08. The normalized spacial score (nSPS) is 11.0. The molecule has 0 fully saturated rings. The molecule has 0 unspecified atom stereocenters. The van der Waals surface area contributed by atoms with Crippen LogP contribution >= 0.6 is 23.2 Å². The maximum absolute atomic E-state index is 12.1. The van der Waals surface area contributed by atoms with E-state index in [0.29, 0.717) is 22.0 Å². The summed E-state index contributed by atoms with van der Waals surface area (Å²) in [5.74, 6) is -0.380. The van der Waals surface area contributed by atoms with E-state index in [2.05, 4.69) is 10.0 Å². The quantitative estimate of drug-likeness (QED) is 0.876. The third kappa shape index (κ3) is 4.37. The van der Waals surface area contributed by atoms with Crippen molar-refractivity contribution in [2.45, 2.75) is 0 Å². The van der Waals surface area contributed by atoms with Gasteiger partial charge >= 0.3 is 0 Å². The highest BCUT2D eigenvalue weighted by atomic mass is 35.5. The van der Waals surface area contributed by atoms with E-state index in [9.17, 15) is 13.2 Å². The lowest BCUT2D eigenvalue weighted by molar-refractivity contribution is 0.102. The number of amides is 1. The molecule has 8 heteroatoms. The summed E-state index contributed by atoms with van der Waals surface area (Å²) < 4.78 is 24.5. The maximum Gasteiger partial charge on any atom is 0.255 e. The minimum atomic E-state index is -3.35. The van der Waals surface area contributed by atoms with E-state index in [0.717, 1.165) is 6.26 Å². The number of rotatable bonds is 4. The summed E-state index contributed by atoms with van der Waals surface area (Å²) >= 11 is 11.9. The molecule has 0 bridgehead atoms. The van der Waals surface area contributed by atoms with Crippen LogP contribution in [0.5, 0.6) is 0 Å². The summed E-state index contributed by atoms with van der Waals surface area (Å²) in [5.41, 5.74) is 1.13. The van der Waals surface area contributed by atoms with Gasteiger partial charge in [0.05, 0.1) is 22.0 Å². The van der Waals surface area contributed by atoms with Gasteiger partial charge in [0.15, 0.2) is 0 Å². The van der Waals surface area contributed by atoms with Gasteiger partial charge in [0.25, 0.3) is 5.91 Å². The van der Waals surface area contributed by atoms with Crippen LogP contribution in [0.15, 0.2) is 42.5 Å². The molecule has 0 aliphatic rings. The molecule has 116 valence electrons. The monoisotopic (exact) mass is 358 g/mol. The highest BCUT2D eigenvalue weighted by Gasteiger charge is 2.10. The Bertz CT molecular complexity index is 805. The molecule has 2 rings (SSSR count). The van der Waals surface area contributed by atoms with Crippen molar-refractivity contribution in [3.8, 4) is 0 Å². The number of hydrogen-bond donors (Lipinski definition) is 2. The van der Waals surface area contributed by atoms with E-state index in [1.807, 2.05) is 0 Å². The minimum Gasteiger partial charge on any atom is -0.321 e. The summed E-state index contributed by atoms with van der Waals surface area (Å²) in [5, 5.41) is 3.24. The molecule has 2 N–H and O–H groups in total. The summed E-state index contributed by atoms with van der Waals surface area (Å²) in [7, 11) is -3.35. The topological polar surface area (TPSA) is 75.3 Å². The van der Waals surface area contributed by atoms with Crippen LogP contribution in [0.4, 0.5) is 11.4 Å². The Labute approximate surface area is 138 Å². The first-order chi connectivity index (χ1) is 10.3. The van der Waals surface area contributed by atoms with Crippen LogP contribution in [0.3, 0.4) is 0 Å².